The Kier molecular flexibility index (Phi) is 3.71. The monoisotopic (exact) mass is 281 g/mol. The molecule has 0 aliphatic heterocycles. The molecule has 0 aliphatic carbocycles. The first-order chi connectivity index (χ1) is 10.3. The zero-order valence-corrected chi connectivity index (χ0v) is 11.6. The number of carbonyl (C=O) groups is 1. The lowest BCUT2D eigenvalue weighted by Gasteiger charge is -2.05. The number of amides is 1. The van der Waals surface area contributed by atoms with Crippen molar-refractivity contribution in [2.24, 2.45) is 0 Å². The average molecular weight is 281 g/mol. The van der Waals surface area contributed by atoms with Gasteiger partial charge in [-0.2, -0.15) is 0 Å². The first-order valence-corrected chi connectivity index (χ1v) is 6.64. The summed E-state index contributed by atoms with van der Waals surface area (Å²) >= 11 is 0. The van der Waals surface area contributed by atoms with Crippen LogP contribution in [0.15, 0.2) is 59.0 Å². The van der Waals surface area contributed by atoms with Crippen LogP contribution < -0.4 is 5.32 Å². The molecular weight excluding hydrogens is 266 g/mol. The minimum Gasteiger partial charge on any atom is -0.451 e. The third kappa shape index (κ3) is 2.95. The second-order valence-corrected chi connectivity index (χ2v) is 4.74. The molecule has 0 aliphatic rings. The quantitative estimate of drug-likeness (QED) is 0.790. The van der Waals surface area contributed by atoms with Gasteiger partial charge in [-0.3, -0.25) is 4.79 Å². The van der Waals surface area contributed by atoms with E-state index in [2.05, 4.69) is 5.32 Å². The van der Waals surface area contributed by atoms with Crippen LogP contribution in [0.25, 0.3) is 11.0 Å². The fourth-order valence-corrected chi connectivity index (χ4v) is 2.19. The maximum absolute atomic E-state index is 12.2. The highest BCUT2D eigenvalue weighted by molar-refractivity contribution is 6.04. The number of hydrogen-bond donors (Lipinski definition) is 1. The van der Waals surface area contributed by atoms with E-state index in [0.29, 0.717) is 18.0 Å². The first-order valence-electron chi connectivity index (χ1n) is 6.64. The zero-order chi connectivity index (χ0) is 14.7. The summed E-state index contributed by atoms with van der Waals surface area (Å²) in [6.45, 7) is 0.508. The largest absolute Gasteiger partial charge is 0.451 e. The summed E-state index contributed by atoms with van der Waals surface area (Å²) in [7, 11) is 1.64. The molecule has 0 bridgehead atoms. The van der Waals surface area contributed by atoms with Gasteiger partial charge in [0, 0.05) is 18.2 Å². The van der Waals surface area contributed by atoms with E-state index < -0.39 is 0 Å². The topological polar surface area (TPSA) is 51.5 Å². The summed E-state index contributed by atoms with van der Waals surface area (Å²) in [5.41, 5.74) is 2.42. The molecule has 1 heterocycles. The highest BCUT2D eigenvalue weighted by atomic mass is 16.5. The maximum Gasteiger partial charge on any atom is 0.291 e. The number of anilines is 1. The zero-order valence-electron chi connectivity index (χ0n) is 11.6. The lowest BCUT2D eigenvalue weighted by Crippen LogP contribution is -2.10. The average Bonchev–Trinajstić information content (AvgIpc) is 2.92. The van der Waals surface area contributed by atoms with Crippen molar-refractivity contribution < 1.29 is 13.9 Å². The third-order valence-electron chi connectivity index (χ3n) is 3.15. The summed E-state index contributed by atoms with van der Waals surface area (Å²) in [6.07, 6.45) is 0. The Morgan fingerprint density at radius 1 is 1.14 bits per heavy atom. The molecule has 0 spiro atoms. The Morgan fingerprint density at radius 3 is 2.81 bits per heavy atom. The predicted molar refractivity (Wildman–Crippen MR) is 81.3 cm³/mol. The molecule has 2 aromatic carbocycles. The molecule has 0 fully saturated rings. The second-order valence-electron chi connectivity index (χ2n) is 4.74. The Hall–Kier alpha value is -2.59. The molecule has 0 atom stereocenters. The SMILES string of the molecule is COCc1cccc(NC(=O)c2cc3ccccc3o2)c1. The molecule has 3 rings (SSSR count). The first kappa shape index (κ1) is 13.4. The minimum absolute atomic E-state index is 0.263. The van der Waals surface area contributed by atoms with Crippen molar-refractivity contribution in [3.8, 4) is 0 Å². The van der Waals surface area contributed by atoms with E-state index in [-0.39, 0.29) is 5.91 Å². The molecule has 21 heavy (non-hydrogen) atoms. The van der Waals surface area contributed by atoms with Crippen LogP contribution in [-0.4, -0.2) is 13.0 Å². The number of para-hydroxylation sites is 1. The van der Waals surface area contributed by atoms with E-state index in [0.717, 1.165) is 16.6 Å². The maximum atomic E-state index is 12.2. The lowest BCUT2D eigenvalue weighted by atomic mass is 10.2. The van der Waals surface area contributed by atoms with Gasteiger partial charge in [-0.25, -0.2) is 0 Å². The van der Waals surface area contributed by atoms with Crippen molar-refractivity contribution in [2.75, 3.05) is 12.4 Å². The molecule has 4 nitrogen and oxygen atoms in total. The molecule has 0 saturated carbocycles. The van der Waals surface area contributed by atoms with Gasteiger partial charge in [-0.1, -0.05) is 30.3 Å². The Bertz CT molecular complexity index is 743. The summed E-state index contributed by atoms with van der Waals surface area (Å²) in [6, 6.07) is 16.8. The number of hydrogen-bond acceptors (Lipinski definition) is 3. The highest BCUT2D eigenvalue weighted by Gasteiger charge is 2.12. The normalized spacial score (nSPS) is 10.7. The van der Waals surface area contributed by atoms with Gasteiger partial charge in [0.1, 0.15) is 5.58 Å². The molecule has 0 radical (unpaired) electrons. The molecule has 1 N–H and O–H groups in total. The van der Waals surface area contributed by atoms with Crippen LogP contribution >= 0.6 is 0 Å². The minimum atomic E-state index is -0.263. The predicted octanol–water partition coefficient (Wildman–Crippen LogP) is 3.83. The standard InChI is InChI=1S/C17H15NO3/c1-20-11-12-5-4-7-14(9-12)18-17(19)16-10-13-6-2-3-8-15(13)21-16/h2-10H,11H2,1H3,(H,18,19). The fraction of sp³-hybridized carbons (Fsp3) is 0.118. The number of benzene rings is 2. The van der Waals surface area contributed by atoms with Crippen molar-refractivity contribution in [3.05, 3.63) is 65.9 Å². The smallest absolute Gasteiger partial charge is 0.291 e. The molecule has 0 unspecified atom stereocenters. The van der Waals surface area contributed by atoms with E-state index in [1.165, 1.54) is 0 Å². The number of carbonyl (C=O) groups excluding carboxylic acids is 1. The highest BCUT2D eigenvalue weighted by Crippen LogP contribution is 2.20. The van der Waals surface area contributed by atoms with Gasteiger partial charge in [0.15, 0.2) is 5.76 Å². The van der Waals surface area contributed by atoms with E-state index in [1.807, 2.05) is 48.5 Å². The molecule has 1 amide bonds. The number of methoxy groups -OCH3 is 1. The van der Waals surface area contributed by atoms with Crippen molar-refractivity contribution in [3.63, 3.8) is 0 Å². The van der Waals surface area contributed by atoms with E-state index in [4.69, 9.17) is 9.15 Å². The van der Waals surface area contributed by atoms with Crippen LogP contribution in [0.5, 0.6) is 0 Å². The lowest BCUT2D eigenvalue weighted by molar-refractivity contribution is 0.0998. The van der Waals surface area contributed by atoms with Gasteiger partial charge in [-0.05, 0) is 29.8 Å². The van der Waals surface area contributed by atoms with Crippen molar-refractivity contribution >= 4 is 22.6 Å². The van der Waals surface area contributed by atoms with Gasteiger partial charge >= 0.3 is 0 Å². The van der Waals surface area contributed by atoms with Gasteiger partial charge in [0.2, 0.25) is 0 Å². The van der Waals surface area contributed by atoms with Crippen LogP contribution in [0.2, 0.25) is 0 Å². The Morgan fingerprint density at radius 2 is 2.00 bits per heavy atom. The van der Waals surface area contributed by atoms with Crippen LogP contribution in [0.3, 0.4) is 0 Å². The summed E-state index contributed by atoms with van der Waals surface area (Å²) in [4.78, 5) is 12.2. The van der Waals surface area contributed by atoms with E-state index in [1.54, 1.807) is 13.2 Å². The van der Waals surface area contributed by atoms with Crippen LogP contribution in [0.4, 0.5) is 5.69 Å². The number of nitrogens with one attached hydrogen (secondary N) is 1. The number of ether oxygens (including phenoxy) is 1. The van der Waals surface area contributed by atoms with Crippen molar-refractivity contribution in [1.82, 2.24) is 0 Å². The second kappa shape index (κ2) is 5.81. The van der Waals surface area contributed by atoms with Crippen LogP contribution in [0.1, 0.15) is 16.1 Å². The number of rotatable bonds is 4. The van der Waals surface area contributed by atoms with Crippen molar-refractivity contribution in [2.45, 2.75) is 6.61 Å². The molecule has 106 valence electrons. The van der Waals surface area contributed by atoms with Crippen LogP contribution in [-0.2, 0) is 11.3 Å². The fourth-order valence-electron chi connectivity index (χ4n) is 2.19. The summed E-state index contributed by atoms with van der Waals surface area (Å²) in [5, 5.41) is 3.74. The molecule has 4 heteroatoms. The van der Waals surface area contributed by atoms with Gasteiger partial charge in [0.05, 0.1) is 6.61 Å². The van der Waals surface area contributed by atoms with Crippen molar-refractivity contribution in [1.29, 1.82) is 0 Å². The summed E-state index contributed by atoms with van der Waals surface area (Å²) in [5.74, 6) is 0.0362. The number of furan rings is 1. The molecule has 3 aromatic rings. The van der Waals surface area contributed by atoms with E-state index >= 15 is 0 Å². The Balaban J connectivity index is 1.80. The molecular formula is C17H15NO3. The molecule has 0 saturated heterocycles. The van der Waals surface area contributed by atoms with E-state index in [9.17, 15) is 4.79 Å². The van der Waals surface area contributed by atoms with Gasteiger partial charge in [-0.15, -0.1) is 0 Å². The van der Waals surface area contributed by atoms with Gasteiger partial charge in [0.25, 0.3) is 5.91 Å². The summed E-state index contributed by atoms with van der Waals surface area (Å²) < 4.78 is 10.6. The number of fused-ring (bicyclic) bond motifs is 1. The van der Waals surface area contributed by atoms with Gasteiger partial charge < -0.3 is 14.5 Å². The third-order valence-corrected chi connectivity index (χ3v) is 3.15. The van der Waals surface area contributed by atoms with Crippen LogP contribution in [0, 0.1) is 0 Å². The Labute approximate surface area is 122 Å². The molecule has 1 aromatic heterocycles.